The number of ether oxygens (including phenoxy) is 4. The second kappa shape index (κ2) is 25.4. The molecule has 0 aliphatic carbocycles. The van der Waals surface area contributed by atoms with Gasteiger partial charge in [-0.2, -0.15) is 0 Å². The first-order valence-corrected chi connectivity index (χ1v) is 19.6. The number of imide groups is 1. The molecule has 1 aromatic heterocycles. The van der Waals surface area contributed by atoms with Crippen LogP contribution in [-0.4, -0.2) is 142 Å². The molecule has 6 N–H and O–H groups in total. The van der Waals surface area contributed by atoms with Gasteiger partial charge in [0.05, 0.1) is 58.8 Å². The Balaban J connectivity index is 1.31. The van der Waals surface area contributed by atoms with Crippen molar-refractivity contribution in [1.29, 1.82) is 0 Å². The van der Waals surface area contributed by atoms with Gasteiger partial charge in [0.25, 0.3) is 11.8 Å². The number of carbonyl (C=O) groups is 8. The van der Waals surface area contributed by atoms with Gasteiger partial charge in [-0.3, -0.25) is 14.4 Å². The highest BCUT2D eigenvalue weighted by atomic mass is 16.7. The average Bonchev–Trinajstić information content (AvgIpc) is 3.79. The zero-order valence-corrected chi connectivity index (χ0v) is 34.3. The second-order valence-corrected chi connectivity index (χ2v) is 14.5. The molecule has 1 fully saturated rings. The van der Waals surface area contributed by atoms with Gasteiger partial charge >= 0.3 is 35.9 Å². The lowest BCUT2D eigenvalue weighted by Crippen LogP contribution is -2.52. The first kappa shape index (κ1) is 49.2. The van der Waals surface area contributed by atoms with E-state index in [4.69, 9.17) is 28.9 Å². The summed E-state index contributed by atoms with van der Waals surface area (Å²) in [5.74, 6) is -5.21. The number of rotatable bonds is 27. The van der Waals surface area contributed by atoms with E-state index in [9.17, 15) is 43.5 Å². The van der Waals surface area contributed by atoms with Gasteiger partial charge in [-0.05, 0) is 58.6 Å². The maximum atomic E-state index is 12.8. The van der Waals surface area contributed by atoms with Crippen molar-refractivity contribution in [3.63, 3.8) is 0 Å². The third kappa shape index (κ3) is 19.6. The number of nitrogens with zero attached hydrogens (tertiary/aromatic N) is 4. The van der Waals surface area contributed by atoms with E-state index >= 15 is 0 Å². The lowest BCUT2D eigenvalue weighted by molar-refractivity contribution is -0.198. The van der Waals surface area contributed by atoms with Crippen LogP contribution in [0.2, 0.25) is 0 Å². The number of benzene rings is 1. The zero-order valence-electron chi connectivity index (χ0n) is 34.3. The maximum Gasteiger partial charge on any atom is 0.335 e. The van der Waals surface area contributed by atoms with Crippen molar-refractivity contribution < 1.29 is 72.4 Å². The van der Waals surface area contributed by atoms with E-state index in [1.165, 1.54) is 0 Å². The third-order valence-electron chi connectivity index (χ3n) is 8.27. The highest BCUT2D eigenvalue weighted by Gasteiger charge is 2.33. The molecule has 23 heteroatoms. The molecule has 1 aliphatic rings. The molecule has 3 rings (SSSR count). The Morgan fingerprint density at radius 3 is 2.13 bits per heavy atom. The van der Waals surface area contributed by atoms with Crippen LogP contribution in [-0.2, 0) is 59.1 Å². The first-order chi connectivity index (χ1) is 29.0. The molecule has 1 aromatic carbocycles. The van der Waals surface area contributed by atoms with Crippen molar-refractivity contribution in [3.05, 3.63) is 30.5 Å². The minimum Gasteiger partial charge on any atom is -0.481 e. The van der Waals surface area contributed by atoms with Crippen molar-refractivity contribution in [3.8, 4) is 11.3 Å². The Kier molecular flexibility index (Phi) is 20.5. The summed E-state index contributed by atoms with van der Waals surface area (Å²) in [4.78, 5) is 99.8. The number of carboxylic acids is 2. The fraction of sp³-hybridized carbons (Fsp3) is 0.579. The molecule has 23 nitrogen and oxygen atoms in total. The smallest absolute Gasteiger partial charge is 0.335 e. The number of aromatic nitrogens is 3. The Morgan fingerprint density at radius 2 is 1.48 bits per heavy atom. The number of hydrogen-bond acceptors (Lipinski definition) is 15. The van der Waals surface area contributed by atoms with Crippen molar-refractivity contribution >= 4 is 53.4 Å². The van der Waals surface area contributed by atoms with E-state index in [1.807, 2.05) is 6.07 Å². The fourth-order valence-electron chi connectivity index (χ4n) is 5.31. The van der Waals surface area contributed by atoms with E-state index in [-0.39, 0.29) is 58.5 Å². The molecule has 2 atom stereocenters. The van der Waals surface area contributed by atoms with Gasteiger partial charge in [0.2, 0.25) is 0 Å². The summed E-state index contributed by atoms with van der Waals surface area (Å²) in [6, 6.07) is 2.92. The van der Waals surface area contributed by atoms with Gasteiger partial charge in [0, 0.05) is 37.1 Å². The number of unbranched alkanes of at least 4 members (excludes halogenated alkanes) is 1. The number of amides is 6. The molecule has 2 aromatic rings. The summed E-state index contributed by atoms with van der Waals surface area (Å²) in [5, 5.41) is 37.1. The Bertz CT molecular complexity index is 1800. The lowest BCUT2D eigenvalue weighted by Gasteiger charge is -2.25. The largest absolute Gasteiger partial charge is 0.481 e. The fourth-order valence-corrected chi connectivity index (χ4v) is 5.31. The van der Waals surface area contributed by atoms with Crippen molar-refractivity contribution in [2.24, 2.45) is 0 Å². The number of carbonyl (C=O) groups excluding carboxylic acids is 6. The molecule has 61 heavy (non-hydrogen) atoms. The van der Waals surface area contributed by atoms with Crippen LogP contribution in [0, 0.1) is 0 Å². The number of hydroxylamine groups is 2. The summed E-state index contributed by atoms with van der Waals surface area (Å²) < 4.78 is 23.4. The number of nitrogens with one attached hydrogen (secondary N) is 4. The molecule has 0 unspecified atom stereocenters. The Hall–Kier alpha value is -6.20. The average molecular weight is 863 g/mol. The van der Waals surface area contributed by atoms with Gasteiger partial charge in [0.15, 0.2) is 0 Å². The number of hydrogen-bond donors (Lipinski definition) is 6. The van der Waals surface area contributed by atoms with Crippen LogP contribution < -0.4 is 21.3 Å². The van der Waals surface area contributed by atoms with Crippen LogP contribution in [0.15, 0.2) is 30.5 Å². The quantitative estimate of drug-likeness (QED) is 0.0422. The summed E-state index contributed by atoms with van der Waals surface area (Å²) in [5.41, 5.74) is 0.902. The van der Waals surface area contributed by atoms with Gasteiger partial charge in [-0.1, -0.05) is 17.3 Å². The molecule has 0 spiro atoms. The summed E-state index contributed by atoms with van der Waals surface area (Å²) in [6.07, 6.45) is 1.73. The van der Waals surface area contributed by atoms with Gasteiger partial charge < -0.3 is 55.3 Å². The summed E-state index contributed by atoms with van der Waals surface area (Å²) in [7, 11) is 0. The van der Waals surface area contributed by atoms with E-state index in [0.717, 1.165) is 0 Å². The normalized spacial score (nSPS) is 13.6. The summed E-state index contributed by atoms with van der Waals surface area (Å²) >= 11 is 0. The molecule has 1 saturated heterocycles. The molecular formula is C38H54N8O15. The van der Waals surface area contributed by atoms with E-state index < -0.39 is 71.9 Å². The molecule has 336 valence electrons. The minimum atomic E-state index is -1.48. The molecule has 0 saturated carbocycles. The number of aliphatic carboxylic acids is 2. The summed E-state index contributed by atoms with van der Waals surface area (Å²) in [6.45, 7) is 7.10. The molecule has 0 bridgehead atoms. The van der Waals surface area contributed by atoms with Gasteiger partial charge in [0.1, 0.15) is 23.4 Å². The number of anilines is 1. The van der Waals surface area contributed by atoms with Crippen LogP contribution >= 0.6 is 0 Å². The molecule has 0 radical (unpaired) electrons. The van der Waals surface area contributed by atoms with Crippen LogP contribution in [0.5, 0.6) is 0 Å². The number of carboxylic acid groups (broad SMARTS) is 2. The van der Waals surface area contributed by atoms with E-state index in [2.05, 4.69) is 31.6 Å². The minimum absolute atomic E-state index is 0.0266. The van der Waals surface area contributed by atoms with Gasteiger partial charge in [-0.15, -0.1) is 10.2 Å². The molecule has 1 aliphatic heterocycles. The van der Waals surface area contributed by atoms with Gasteiger partial charge in [-0.25, -0.2) is 28.7 Å². The first-order valence-electron chi connectivity index (χ1n) is 19.6. The Morgan fingerprint density at radius 1 is 0.820 bits per heavy atom. The predicted octanol–water partition coefficient (Wildman–Crippen LogP) is 1.61. The van der Waals surface area contributed by atoms with Crippen LogP contribution in [0.4, 0.5) is 15.3 Å². The van der Waals surface area contributed by atoms with Crippen LogP contribution in [0.1, 0.15) is 72.1 Å². The molecule has 6 amide bonds. The molecule has 2 heterocycles. The monoisotopic (exact) mass is 862 g/mol. The van der Waals surface area contributed by atoms with Crippen LogP contribution in [0.3, 0.4) is 0 Å². The van der Waals surface area contributed by atoms with E-state index in [1.54, 1.807) is 49.8 Å². The highest BCUT2D eigenvalue weighted by Crippen LogP contribution is 2.20. The molecular weight excluding hydrogens is 808 g/mol. The lowest BCUT2D eigenvalue weighted by atomic mass is 10.1. The Labute approximate surface area is 351 Å². The zero-order chi connectivity index (χ0) is 44.8. The van der Waals surface area contributed by atoms with Crippen molar-refractivity contribution in [2.75, 3.05) is 51.5 Å². The number of urea groups is 2. The maximum absolute atomic E-state index is 12.8. The van der Waals surface area contributed by atoms with E-state index in [0.29, 0.717) is 61.2 Å². The standard InChI is InChI=1S/C38H54N8O15/c1-38(2,3)60-35(54)28(42-37(56)41-27(34(52)53)10-13-32(49)50)9-4-5-15-39-36(55)40-26-8-6-7-25(23-26)29-24-45(44-43-29)16-18-58-20-22-59-21-19-57-17-14-33(51)61-46-30(47)11-12-31(46)48/h6-8,23-24,27-28H,4-5,9-22H2,1-3H3,(H,49,50)(H,52,53)(H2,39,40,55)(H2,41,42,56)/t27-,28-/m0/s1. The SMILES string of the molecule is CC(C)(C)OC(=O)[C@H](CCCCNC(=O)Nc1cccc(-c2cn(CCOCCOCCOCCC(=O)ON3C(=O)CCC3=O)nn2)c1)NC(=O)N[C@@H](CCC(=O)O)C(=O)O. The second-order valence-electron chi connectivity index (χ2n) is 14.5. The number of esters is 1. The van der Waals surface area contributed by atoms with Crippen molar-refractivity contribution in [1.82, 2.24) is 36.0 Å². The van der Waals surface area contributed by atoms with Crippen LogP contribution in [0.25, 0.3) is 11.3 Å². The highest BCUT2D eigenvalue weighted by molar-refractivity contribution is 6.01. The van der Waals surface area contributed by atoms with Crippen molar-refractivity contribution in [2.45, 2.75) is 96.4 Å². The predicted molar refractivity (Wildman–Crippen MR) is 210 cm³/mol. The topological polar surface area (TPSA) is 305 Å². The third-order valence-corrected chi connectivity index (χ3v) is 8.27.